The summed E-state index contributed by atoms with van der Waals surface area (Å²) in [6, 6.07) is 0.326. The van der Waals surface area contributed by atoms with E-state index in [-0.39, 0.29) is 5.54 Å². The number of nitrogens with two attached hydrogens (primary N) is 1. The van der Waals surface area contributed by atoms with Gasteiger partial charge in [-0.1, -0.05) is 12.8 Å². The standard InChI is InChI=1S/C15H27N5/c1-19-12-13(11-17-19)10-14(18-16)15(6-2-3-7-15)20-8-4-5-9-20/h11-12,14,18H,2-10,16H2,1H3. The molecule has 1 saturated heterocycles. The highest BCUT2D eigenvalue weighted by molar-refractivity contribution is 5.13. The number of aryl methyl sites for hydroxylation is 1. The number of likely N-dealkylation sites (tertiary alicyclic amines) is 1. The molecule has 3 rings (SSSR count). The highest BCUT2D eigenvalue weighted by Crippen LogP contribution is 2.40. The quantitative estimate of drug-likeness (QED) is 0.627. The Labute approximate surface area is 121 Å². The van der Waals surface area contributed by atoms with Crippen LogP contribution in [-0.4, -0.2) is 39.4 Å². The van der Waals surface area contributed by atoms with Crippen LogP contribution in [0.4, 0.5) is 0 Å². The number of rotatable bonds is 5. The maximum Gasteiger partial charge on any atom is 0.0522 e. The molecular formula is C15H27N5. The van der Waals surface area contributed by atoms with Crippen molar-refractivity contribution in [2.75, 3.05) is 13.1 Å². The highest BCUT2D eigenvalue weighted by Gasteiger charge is 2.46. The van der Waals surface area contributed by atoms with E-state index in [1.807, 2.05) is 17.9 Å². The number of nitrogens with one attached hydrogen (secondary N) is 1. The van der Waals surface area contributed by atoms with E-state index in [0.717, 1.165) is 6.42 Å². The molecule has 2 heterocycles. The van der Waals surface area contributed by atoms with Crippen molar-refractivity contribution in [1.29, 1.82) is 0 Å². The number of aromatic nitrogens is 2. The number of nitrogens with zero attached hydrogens (tertiary/aromatic N) is 3. The predicted molar refractivity (Wildman–Crippen MR) is 80.0 cm³/mol. The Kier molecular flexibility index (Phi) is 4.10. The highest BCUT2D eigenvalue weighted by atomic mass is 15.3. The third-order valence-electron chi connectivity index (χ3n) is 5.25. The van der Waals surface area contributed by atoms with Crippen molar-refractivity contribution < 1.29 is 0 Å². The van der Waals surface area contributed by atoms with Gasteiger partial charge in [-0.15, -0.1) is 0 Å². The Hall–Kier alpha value is -0.910. The molecule has 1 unspecified atom stereocenters. The van der Waals surface area contributed by atoms with Gasteiger partial charge in [0.2, 0.25) is 0 Å². The number of hydrogen-bond acceptors (Lipinski definition) is 4. The summed E-state index contributed by atoms with van der Waals surface area (Å²) < 4.78 is 1.88. The Balaban J connectivity index is 1.80. The lowest BCUT2D eigenvalue weighted by molar-refractivity contribution is 0.0766. The van der Waals surface area contributed by atoms with Crippen molar-refractivity contribution in [3.8, 4) is 0 Å². The smallest absolute Gasteiger partial charge is 0.0522 e. The first kappa shape index (κ1) is 14.0. The molecule has 0 radical (unpaired) electrons. The topological polar surface area (TPSA) is 59.1 Å². The zero-order valence-corrected chi connectivity index (χ0v) is 12.5. The average molecular weight is 277 g/mol. The second-order valence-corrected chi connectivity index (χ2v) is 6.45. The van der Waals surface area contributed by atoms with Gasteiger partial charge in [0.1, 0.15) is 0 Å². The van der Waals surface area contributed by atoms with Crippen molar-refractivity contribution in [3.63, 3.8) is 0 Å². The average Bonchev–Trinajstić information content (AvgIpc) is 3.17. The molecule has 0 bridgehead atoms. The lowest BCUT2D eigenvalue weighted by Crippen LogP contribution is -2.61. The second kappa shape index (κ2) is 5.84. The fourth-order valence-corrected chi connectivity index (χ4v) is 4.25. The summed E-state index contributed by atoms with van der Waals surface area (Å²) in [7, 11) is 1.97. The van der Waals surface area contributed by atoms with E-state index in [2.05, 4.69) is 21.6 Å². The largest absolute Gasteiger partial charge is 0.296 e. The molecule has 1 aliphatic carbocycles. The Morgan fingerprint density at radius 2 is 2.00 bits per heavy atom. The molecular weight excluding hydrogens is 250 g/mol. The van der Waals surface area contributed by atoms with Crippen molar-refractivity contribution in [1.82, 2.24) is 20.1 Å². The first-order valence-electron chi connectivity index (χ1n) is 7.93. The van der Waals surface area contributed by atoms with Crippen LogP contribution in [0.1, 0.15) is 44.1 Å². The number of hydrogen-bond donors (Lipinski definition) is 2. The van der Waals surface area contributed by atoms with Crippen LogP contribution in [0.15, 0.2) is 12.4 Å². The molecule has 0 amide bonds. The number of hydrazine groups is 1. The summed E-state index contributed by atoms with van der Waals surface area (Å²) in [5.74, 6) is 5.96. The van der Waals surface area contributed by atoms with Crippen LogP contribution < -0.4 is 11.3 Å². The molecule has 1 saturated carbocycles. The van der Waals surface area contributed by atoms with E-state index < -0.39 is 0 Å². The molecule has 5 heteroatoms. The predicted octanol–water partition coefficient (Wildman–Crippen LogP) is 1.20. The van der Waals surface area contributed by atoms with E-state index in [4.69, 9.17) is 5.84 Å². The van der Waals surface area contributed by atoms with E-state index in [1.54, 1.807) is 0 Å². The van der Waals surface area contributed by atoms with Gasteiger partial charge in [0.05, 0.1) is 6.20 Å². The van der Waals surface area contributed by atoms with Crippen molar-refractivity contribution in [2.24, 2.45) is 12.9 Å². The zero-order chi connectivity index (χ0) is 14.0. The van der Waals surface area contributed by atoms with Gasteiger partial charge in [0.15, 0.2) is 0 Å². The van der Waals surface area contributed by atoms with Gasteiger partial charge in [0, 0.05) is 24.8 Å². The first-order chi connectivity index (χ1) is 9.74. The summed E-state index contributed by atoms with van der Waals surface area (Å²) >= 11 is 0. The fourth-order valence-electron chi connectivity index (χ4n) is 4.25. The van der Waals surface area contributed by atoms with Gasteiger partial charge < -0.3 is 0 Å². The Morgan fingerprint density at radius 3 is 2.55 bits per heavy atom. The minimum atomic E-state index is 0.265. The van der Waals surface area contributed by atoms with Crippen LogP contribution >= 0.6 is 0 Å². The third-order valence-corrected chi connectivity index (χ3v) is 5.25. The van der Waals surface area contributed by atoms with Gasteiger partial charge in [-0.3, -0.25) is 20.9 Å². The molecule has 1 atom stereocenters. The summed E-state index contributed by atoms with van der Waals surface area (Å²) in [5.41, 5.74) is 4.68. The minimum Gasteiger partial charge on any atom is -0.296 e. The summed E-state index contributed by atoms with van der Waals surface area (Å²) in [6.07, 6.45) is 13.0. The van der Waals surface area contributed by atoms with Gasteiger partial charge in [-0.2, -0.15) is 5.10 Å². The molecule has 1 aliphatic heterocycles. The van der Waals surface area contributed by atoms with Gasteiger partial charge in [-0.05, 0) is 50.8 Å². The summed E-state index contributed by atoms with van der Waals surface area (Å²) in [6.45, 7) is 2.48. The monoisotopic (exact) mass is 277 g/mol. The first-order valence-corrected chi connectivity index (χ1v) is 7.93. The van der Waals surface area contributed by atoms with Gasteiger partial charge >= 0.3 is 0 Å². The summed E-state index contributed by atoms with van der Waals surface area (Å²) in [5, 5.41) is 4.29. The molecule has 20 heavy (non-hydrogen) atoms. The second-order valence-electron chi connectivity index (χ2n) is 6.45. The van der Waals surface area contributed by atoms with Gasteiger partial charge in [0.25, 0.3) is 0 Å². The maximum atomic E-state index is 5.96. The van der Waals surface area contributed by atoms with Crippen LogP contribution in [-0.2, 0) is 13.5 Å². The zero-order valence-electron chi connectivity index (χ0n) is 12.5. The Bertz CT molecular complexity index is 429. The molecule has 0 spiro atoms. The van der Waals surface area contributed by atoms with Crippen molar-refractivity contribution >= 4 is 0 Å². The molecule has 112 valence electrons. The van der Waals surface area contributed by atoms with Crippen molar-refractivity contribution in [2.45, 2.75) is 56.5 Å². The van der Waals surface area contributed by atoms with Crippen molar-refractivity contribution in [3.05, 3.63) is 18.0 Å². The third kappa shape index (κ3) is 2.50. The minimum absolute atomic E-state index is 0.265. The molecule has 2 fully saturated rings. The van der Waals surface area contributed by atoms with Crippen LogP contribution in [0.3, 0.4) is 0 Å². The fraction of sp³-hybridized carbons (Fsp3) is 0.800. The van der Waals surface area contributed by atoms with Crippen LogP contribution in [0.5, 0.6) is 0 Å². The molecule has 0 aromatic carbocycles. The summed E-state index contributed by atoms with van der Waals surface area (Å²) in [4.78, 5) is 2.71. The van der Waals surface area contributed by atoms with Crippen LogP contribution in [0, 0.1) is 0 Å². The maximum absolute atomic E-state index is 5.96. The van der Waals surface area contributed by atoms with Crippen LogP contribution in [0.2, 0.25) is 0 Å². The molecule has 5 nitrogen and oxygen atoms in total. The lowest BCUT2D eigenvalue weighted by Gasteiger charge is -2.45. The molecule has 2 aliphatic rings. The lowest BCUT2D eigenvalue weighted by atomic mass is 9.83. The SMILES string of the molecule is Cn1cc(CC(NN)C2(N3CCCC3)CCCC2)cn1. The van der Waals surface area contributed by atoms with Gasteiger partial charge in [-0.25, -0.2) is 0 Å². The van der Waals surface area contributed by atoms with E-state index in [0.29, 0.717) is 6.04 Å². The molecule has 1 aromatic heterocycles. The normalized spacial score (nSPS) is 24.3. The van der Waals surface area contributed by atoms with Crippen LogP contribution in [0.25, 0.3) is 0 Å². The molecule has 1 aromatic rings. The van der Waals surface area contributed by atoms with E-state index >= 15 is 0 Å². The van der Waals surface area contributed by atoms with E-state index in [9.17, 15) is 0 Å². The Morgan fingerprint density at radius 1 is 1.30 bits per heavy atom. The van der Waals surface area contributed by atoms with E-state index in [1.165, 1.54) is 57.2 Å². The molecule has 3 N–H and O–H groups in total.